The van der Waals surface area contributed by atoms with Crippen LogP contribution < -0.4 is 9.47 Å². The quantitative estimate of drug-likeness (QED) is 0.121. The van der Waals surface area contributed by atoms with Gasteiger partial charge in [-0.05, 0) is 168 Å². The maximum absolute atomic E-state index is 15.1. The van der Waals surface area contributed by atoms with Gasteiger partial charge in [0, 0.05) is 5.39 Å². The second-order valence-electron chi connectivity index (χ2n) is 17.3. The molecule has 0 aliphatic heterocycles. The molecule has 2 fully saturated rings. The number of unbranched alkanes of at least 4 members (excludes halogenated alkanes) is 1. The Kier molecular flexibility index (Phi) is 14.5. The lowest BCUT2D eigenvalue weighted by atomic mass is 9.77. The molecule has 2 aliphatic carbocycles. The van der Waals surface area contributed by atoms with Crippen molar-refractivity contribution in [2.75, 3.05) is 7.11 Å². The molecule has 0 bridgehead atoms. The van der Waals surface area contributed by atoms with Crippen LogP contribution >= 0.6 is 0 Å². The first-order valence-electron chi connectivity index (χ1n) is 22.2. The van der Waals surface area contributed by atoms with E-state index in [0.717, 1.165) is 85.3 Å². The van der Waals surface area contributed by atoms with Crippen LogP contribution in [-0.2, 0) is 0 Å². The molecule has 0 saturated heterocycles. The topological polar surface area (TPSA) is 18.5 Å². The fourth-order valence-electron chi connectivity index (χ4n) is 9.84. The van der Waals surface area contributed by atoms with Gasteiger partial charge in [0.1, 0.15) is 34.8 Å². The fourth-order valence-corrected chi connectivity index (χ4v) is 9.84. The van der Waals surface area contributed by atoms with E-state index in [1.54, 1.807) is 31.4 Å². The van der Waals surface area contributed by atoms with Crippen LogP contribution in [0.5, 0.6) is 11.5 Å². The van der Waals surface area contributed by atoms with Crippen molar-refractivity contribution >= 4 is 21.5 Å². The third-order valence-electron chi connectivity index (χ3n) is 13.1. The normalized spacial score (nSPS) is 19.3. The van der Waals surface area contributed by atoms with Crippen LogP contribution in [0.1, 0.15) is 120 Å². The summed E-state index contributed by atoms with van der Waals surface area (Å²) in [5.74, 6) is 0.166. The zero-order valence-corrected chi connectivity index (χ0v) is 35.7. The SMILES string of the molecule is CCCC1CCC(c2cc(F)c(-c3ccc4c(OC)cccc4c3)c(F)c2)CC1.CCCCC1CCC(c2cc(F)c(-c3ccc4cc(OC(F)(F)F)ccc4c3)c(F)c2)CC1. The highest BCUT2D eigenvalue weighted by Gasteiger charge is 2.31. The lowest BCUT2D eigenvalue weighted by molar-refractivity contribution is -0.274. The lowest BCUT2D eigenvalue weighted by Gasteiger charge is -2.29. The molecule has 6 aromatic carbocycles. The van der Waals surface area contributed by atoms with Gasteiger partial charge in [0.15, 0.2) is 0 Å². The Bertz CT molecular complexity index is 2410. The second kappa shape index (κ2) is 20.0. The van der Waals surface area contributed by atoms with Crippen molar-refractivity contribution in [3.05, 3.63) is 131 Å². The standard InChI is InChI=1S/C27H27F5O.C26H28F2O/c1-2-3-4-17-5-7-18(8-6-17)22-15-24(28)26(25(29)16-22)21-10-9-20-14-23(33-27(30,31)32)12-11-19(20)13-21;1-3-5-17-8-10-18(11-9-17)21-15-23(27)26(24(28)16-21)20-12-13-22-19(14-20)6-4-7-25(22)29-2/h9-18H,2-8H2,1H3;4,6-7,12-18H,3,5,8-11H2,1-2H3. The molecule has 2 aliphatic rings. The zero-order valence-electron chi connectivity index (χ0n) is 35.7. The summed E-state index contributed by atoms with van der Waals surface area (Å²) < 4.78 is 107. The summed E-state index contributed by atoms with van der Waals surface area (Å²) >= 11 is 0. The molecule has 62 heavy (non-hydrogen) atoms. The van der Waals surface area contributed by atoms with Gasteiger partial charge in [-0.2, -0.15) is 0 Å². The number of rotatable bonds is 11. The molecule has 6 aromatic rings. The first-order valence-corrected chi connectivity index (χ1v) is 22.2. The first kappa shape index (κ1) is 45.0. The van der Waals surface area contributed by atoms with Crippen LogP contribution in [0.2, 0.25) is 0 Å². The average molecular weight is 857 g/mol. The highest BCUT2D eigenvalue weighted by Crippen LogP contribution is 2.42. The van der Waals surface area contributed by atoms with Crippen molar-refractivity contribution in [2.24, 2.45) is 11.8 Å². The van der Waals surface area contributed by atoms with E-state index in [1.165, 1.54) is 74.6 Å². The zero-order chi connectivity index (χ0) is 44.0. The van der Waals surface area contributed by atoms with E-state index >= 15 is 17.6 Å². The lowest BCUT2D eigenvalue weighted by Crippen LogP contribution is -2.16. The minimum Gasteiger partial charge on any atom is -0.496 e. The number of fused-ring (bicyclic) bond motifs is 2. The first-order chi connectivity index (χ1) is 29.8. The van der Waals surface area contributed by atoms with Crippen molar-refractivity contribution in [3.8, 4) is 33.8 Å². The molecular formula is C53H55F7O2. The number of alkyl halides is 3. The van der Waals surface area contributed by atoms with Gasteiger partial charge in [-0.1, -0.05) is 88.4 Å². The van der Waals surface area contributed by atoms with Crippen molar-refractivity contribution in [2.45, 2.75) is 116 Å². The van der Waals surface area contributed by atoms with Crippen LogP contribution in [0, 0.1) is 35.1 Å². The molecule has 328 valence electrons. The van der Waals surface area contributed by atoms with Crippen LogP contribution in [-0.4, -0.2) is 13.5 Å². The molecule has 0 radical (unpaired) electrons. The minimum absolute atomic E-state index is 0.0538. The highest BCUT2D eigenvalue weighted by atomic mass is 19.4. The van der Waals surface area contributed by atoms with Crippen LogP contribution in [0.25, 0.3) is 43.8 Å². The summed E-state index contributed by atoms with van der Waals surface area (Å²) in [7, 11) is 1.62. The molecular weight excluding hydrogens is 802 g/mol. The van der Waals surface area contributed by atoms with Gasteiger partial charge in [-0.15, -0.1) is 13.2 Å². The van der Waals surface area contributed by atoms with Crippen LogP contribution in [0.4, 0.5) is 30.7 Å². The van der Waals surface area contributed by atoms with Gasteiger partial charge in [0.25, 0.3) is 0 Å². The second-order valence-corrected chi connectivity index (χ2v) is 17.3. The molecule has 0 N–H and O–H groups in total. The maximum Gasteiger partial charge on any atom is 0.573 e. The Morgan fingerprint density at radius 2 is 1.03 bits per heavy atom. The molecule has 0 unspecified atom stereocenters. The number of hydrogen-bond donors (Lipinski definition) is 0. The van der Waals surface area contributed by atoms with Crippen LogP contribution in [0.3, 0.4) is 0 Å². The van der Waals surface area contributed by atoms with Crippen molar-refractivity contribution in [3.63, 3.8) is 0 Å². The van der Waals surface area contributed by atoms with Gasteiger partial charge in [0.05, 0.1) is 18.2 Å². The molecule has 8 rings (SSSR count). The van der Waals surface area contributed by atoms with Crippen LogP contribution in [0.15, 0.2) is 97.1 Å². The molecule has 2 nitrogen and oxygen atoms in total. The molecule has 0 atom stereocenters. The Morgan fingerprint density at radius 1 is 0.532 bits per heavy atom. The molecule has 2 saturated carbocycles. The predicted octanol–water partition coefficient (Wildman–Crippen LogP) is 17.0. The van der Waals surface area contributed by atoms with Crippen molar-refractivity contribution < 1.29 is 40.2 Å². The summed E-state index contributed by atoms with van der Waals surface area (Å²) in [6.45, 7) is 4.41. The van der Waals surface area contributed by atoms with Gasteiger partial charge in [0.2, 0.25) is 0 Å². The van der Waals surface area contributed by atoms with E-state index in [0.29, 0.717) is 27.5 Å². The summed E-state index contributed by atoms with van der Waals surface area (Å²) in [5.41, 5.74) is 2.35. The van der Waals surface area contributed by atoms with Gasteiger partial charge >= 0.3 is 6.36 Å². The number of methoxy groups -OCH3 is 1. The Morgan fingerprint density at radius 3 is 1.55 bits per heavy atom. The number of halogens is 7. The monoisotopic (exact) mass is 856 g/mol. The summed E-state index contributed by atoms with van der Waals surface area (Å²) in [4.78, 5) is 0. The Labute approximate surface area is 360 Å². The van der Waals surface area contributed by atoms with Gasteiger partial charge in [-0.25, -0.2) is 17.6 Å². The van der Waals surface area contributed by atoms with E-state index in [9.17, 15) is 13.2 Å². The third-order valence-corrected chi connectivity index (χ3v) is 13.1. The molecule has 9 heteroatoms. The summed E-state index contributed by atoms with van der Waals surface area (Å²) in [6.07, 6.45) is 9.82. The Balaban J connectivity index is 0.000000188. The van der Waals surface area contributed by atoms with E-state index in [2.05, 4.69) is 18.6 Å². The van der Waals surface area contributed by atoms with E-state index in [1.807, 2.05) is 30.3 Å². The van der Waals surface area contributed by atoms with E-state index in [-0.39, 0.29) is 28.7 Å². The van der Waals surface area contributed by atoms with Gasteiger partial charge in [-0.3, -0.25) is 0 Å². The molecule has 0 amide bonds. The molecule has 0 spiro atoms. The average Bonchev–Trinajstić information content (AvgIpc) is 3.25. The highest BCUT2D eigenvalue weighted by molar-refractivity contribution is 5.92. The smallest absolute Gasteiger partial charge is 0.496 e. The molecule has 0 heterocycles. The van der Waals surface area contributed by atoms with Gasteiger partial charge < -0.3 is 9.47 Å². The summed E-state index contributed by atoms with van der Waals surface area (Å²) in [5, 5.41) is 2.88. The van der Waals surface area contributed by atoms with E-state index < -0.39 is 29.6 Å². The number of benzene rings is 6. The number of hydrogen-bond acceptors (Lipinski definition) is 2. The largest absolute Gasteiger partial charge is 0.573 e. The van der Waals surface area contributed by atoms with Crippen molar-refractivity contribution in [1.29, 1.82) is 0 Å². The third kappa shape index (κ3) is 10.8. The predicted molar refractivity (Wildman–Crippen MR) is 236 cm³/mol. The minimum atomic E-state index is -4.78. The van der Waals surface area contributed by atoms with Crippen molar-refractivity contribution in [1.82, 2.24) is 0 Å². The maximum atomic E-state index is 15.1. The number of ether oxygens (including phenoxy) is 2. The Hall–Kier alpha value is -5.05. The summed E-state index contributed by atoms with van der Waals surface area (Å²) in [6, 6.07) is 25.7. The van der Waals surface area contributed by atoms with E-state index in [4.69, 9.17) is 4.74 Å². The fraction of sp³-hybridized carbons (Fsp3) is 0.396. The molecule has 0 aromatic heterocycles.